The molecule has 0 bridgehead atoms. The van der Waals surface area contributed by atoms with Crippen LogP contribution in [0.4, 0.5) is 10.1 Å². The van der Waals surface area contributed by atoms with Gasteiger partial charge in [0.1, 0.15) is 5.82 Å². The molecule has 0 unspecified atom stereocenters. The quantitative estimate of drug-likeness (QED) is 0.648. The van der Waals surface area contributed by atoms with Crippen LogP contribution < -0.4 is 10.3 Å². The minimum atomic E-state index is -3.95. The van der Waals surface area contributed by atoms with E-state index < -0.39 is 15.8 Å². The third-order valence-electron chi connectivity index (χ3n) is 5.59. The highest BCUT2D eigenvalue weighted by molar-refractivity contribution is 7.92. The van der Waals surface area contributed by atoms with Crippen molar-refractivity contribution in [1.29, 1.82) is 0 Å². The normalized spacial score (nSPS) is 13.6. The summed E-state index contributed by atoms with van der Waals surface area (Å²) in [6, 6.07) is 10.5. The lowest BCUT2D eigenvalue weighted by Gasteiger charge is -2.20. The van der Waals surface area contributed by atoms with Gasteiger partial charge in [-0.3, -0.25) is 9.52 Å². The van der Waals surface area contributed by atoms with Gasteiger partial charge in [-0.2, -0.15) is 5.10 Å². The number of fused-ring (bicyclic) bond motifs is 1. The standard InChI is InChI=1S/C23H24FN3O3S/c1-3-27-23(28)20-10-5-4-9-19(20)22(25-27)16-12-11-15(2)21(13-16)31(29,30)26-18-8-6-7-17(24)14-18/h6-8,11-14,26H,3-5,9-10H2,1-2H3. The molecule has 1 aromatic heterocycles. The first kappa shape index (κ1) is 21.2. The van der Waals surface area contributed by atoms with Gasteiger partial charge in [0.25, 0.3) is 15.6 Å². The second-order valence-electron chi connectivity index (χ2n) is 7.73. The van der Waals surface area contributed by atoms with Gasteiger partial charge in [-0.25, -0.2) is 17.5 Å². The fourth-order valence-corrected chi connectivity index (χ4v) is 5.35. The van der Waals surface area contributed by atoms with Crippen molar-refractivity contribution in [1.82, 2.24) is 9.78 Å². The van der Waals surface area contributed by atoms with E-state index in [9.17, 15) is 17.6 Å². The van der Waals surface area contributed by atoms with Crippen LogP contribution in [0.2, 0.25) is 0 Å². The minimum absolute atomic E-state index is 0.0614. The summed E-state index contributed by atoms with van der Waals surface area (Å²) in [6.45, 7) is 4.01. The Morgan fingerprint density at radius 3 is 2.55 bits per heavy atom. The zero-order valence-corrected chi connectivity index (χ0v) is 18.3. The van der Waals surface area contributed by atoms with E-state index in [-0.39, 0.29) is 16.1 Å². The summed E-state index contributed by atoms with van der Waals surface area (Å²) in [6.07, 6.45) is 3.38. The lowest BCUT2D eigenvalue weighted by molar-refractivity contribution is 0.581. The summed E-state index contributed by atoms with van der Waals surface area (Å²) < 4.78 is 43.5. The van der Waals surface area contributed by atoms with Gasteiger partial charge in [-0.15, -0.1) is 0 Å². The maximum Gasteiger partial charge on any atom is 0.270 e. The van der Waals surface area contributed by atoms with Gasteiger partial charge >= 0.3 is 0 Å². The molecule has 0 radical (unpaired) electrons. The van der Waals surface area contributed by atoms with Gasteiger partial charge in [0.15, 0.2) is 0 Å². The number of sulfonamides is 1. The Kier molecular flexibility index (Phi) is 5.66. The number of nitrogens with one attached hydrogen (secondary N) is 1. The van der Waals surface area contributed by atoms with E-state index >= 15 is 0 Å². The average molecular weight is 442 g/mol. The third kappa shape index (κ3) is 4.12. The Bertz CT molecular complexity index is 1320. The molecular weight excluding hydrogens is 417 g/mol. The monoisotopic (exact) mass is 441 g/mol. The van der Waals surface area contributed by atoms with Crippen molar-refractivity contribution < 1.29 is 12.8 Å². The van der Waals surface area contributed by atoms with Gasteiger partial charge in [-0.1, -0.05) is 18.2 Å². The first-order valence-corrected chi connectivity index (χ1v) is 11.8. The Morgan fingerprint density at radius 1 is 1.10 bits per heavy atom. The molecule has 1 aliphatic carbocycles. The fraction of sp³-hybridized carbons (Fsp3) is 0.304. The largest absolute Gasteiger partial charge is 0.280 e. The molecule has 0 saturated carbocycles. The van der Waals surface area contributed by atoms with E-state index in [1.165, 1.54) is 22.9 Å². The fourth-order valence-electron chi connectivity index (χ4n) is 4.03. The van der Waals surface area contributed by atoms with E-state index in [1.54, 1.807) is 19.1 Å². The molecule has 0 fully saturated rings. The molecule has 8 heteroatoms. The molecule has 3 aromatic rings. The molecule has 0 amide bonds. The molecule has 0 atom stereocenters. The number of nitrogens with zero attached hydrogens (tertiary/aromatic N) is 2. The van der Waals surface area contributed by atoms with E-state index in [0.717, 1.165) is 36.5 Å². The van der Waals surface area contributed by atoms with Crippen LogP contribution in [0.1, 0.15) is 36.5 Å². The highest BCUT2D eigenvalue weighted by atomic mass is 32.2. The summed E-state index contributed by atoms with van der Waals surface area (Å²) in [4.78, 5) is 12.8. The summed E-state index contributed by atoms with van der Waals surface area (Å²) in [7, 11) is -3.95. The zero-order chi connectivity index (χ0) is 22.2. The van der Waals surface area contributed by atoms with Gasteiger partial charge < -0.3 is 0 Å². The van der Waals surface area contributed by atoms with Crippen molar-refractivity contribution in [2.75, 3.05) is 4.72 Å². The first-order chi connectivity index (χ1) is 14.8. The smallest absolute Gasteiger partial charge is 0.270 e. The molecule has 4 rings (SSSR count). The predicted molar refractivity (Wildman–Crippen MR) is 118 cm³/mol. The molecule has 6 nitrogen and oxygen atoms in total. The zero-order valence-electron chi connectivity index (χ0n) is 17.5. The third-order valence-corrected chi connectivity index (χ3v) is 7.12. The minimum Gasteiger partial charge on any atom is -0.280 e. The van der Waals surface area contributed by atoms with Crippen LogP contribution in [0.15, 0.2) is 52.2 Å². The van der Waals surface area contributed by atoms with Crippen LogP contribution in [0.3, 0.4) is 0 Å². The molecule has 0 spiro atoms. The van der Waals surface area contributed by atoms with Gasteiger partial charge in [0.2, 0.25) is 0 Å². The van der Waals surface area contributed by atoms with E-state index in [2.05, 4.69) is 9.82 Å². The molecular formula is C23H24FN3O3S. The number of aryl methyl sites for hydroxylation is 2. The molecule has 0 saturated heterocycles. The van der Waals surface area contributed by atoms with E-state index in [1.807, 2.05) is 13.0 Å². The number of benzene rings is 2. The molecule has 162 valence electrons. The summed E-state index contributed by atoms with van der Waals surface area (Å²) in [5.74, 6) is -0.525. The second-order valence-corrected chi connectivity index (χ2v) is 9.38. The number of halogens is 1. The first-order valence-electron chi connectivity index (χ1n) is 10.3. The number of anilines is 1. The molecule has 1 heterocycles. The van der Waals surface area contributed by atoms with Crippen molar-refractivity contribution in [3.63, 3.8) is 0 Å². The van der Waals surface area contributed by atoms with Gasteiger partial charge in [0.05, 0.1) is 16.3 Å². The summed E-state index contributed by atoms with van der Waals surface area (Å²) in [5, 5.41) is 4.56. The van der Waals surface area contributed by atoms with Crippen molar-refractivity contribution in [3.8, 4) is 11.3 Å². The van der Waals surface area contributed by atoms with E-state index in [4.69, 9.17) is 0 Å². The summed E-state index contributed by atoms with van der Waals surface area (Å²) in [5.41, 5.74) is 3.63. The van der Waals surface area contributed by atoms with Gasteiger partial charge in [-0.05, 0) is 74.9 Å². The van der Waals surface area contributed by atoms with Gasteiger partial charge in [0, 0.05) is 17.7 Å². The van der Waals surface area contributed by atoms with Crippen molar-refractivity contribution in [2.24, 2.45) is 0 Å². The Balaban J connectivity index is 1.83. The molecule has 0 aliphatic heterocycles. The van der Waals surface area contributed by atoms with Crippen LogP contribution >= 0.6 is 0 Å². The lowest BCUT2D eigenvalue weighted by Crippen LogP contribution is -2.30. The summed E-state index contributed by atoms with van der Waals surface area (Å²) >= 11 is 0. The SMILES string of the molecule is CCn1nc(-c2ccc(C)c(S(=O)(=O)Nc3cccc(F)c3)c2)c2c(c1=O)CCCC2. The van der Waals surface area contributed by atoms with Crippen molar-refractivity contribution in [2.45, 2.75) is 51.0 Å². The maximum atomic E-state index is 13.5. The van der Waals surface area contributed by atoms with Crippen LogP contribution in [-0.4, -0.2) is 18.2 Å². The van der Waals surface area contributed by atoms with Crippen LogP contribution in [0, 0.1) is 12.7 Å². The maximum absolute atomic E-state index is 13.5. The molecule has 2 aromatic carbocycles. The topological polar surface area (TPSA) is 81.1 Å². The Morgan fingerprint density at radius 2 is 1.84 bits per heavy atom. The Hall–Kier alpha value is -3.00. The number of aromatic nitrogens is 2. The number of hydrogen-bond acceptors (Lipinski definition) is 4. The average Bonchev–Trinajstić information content (AvgIpc) is 2.74. The second kappa shape index (κ2) is 8.26. The van der Waals surface area contributed by atoms with Crippen molar-refractivity contribution in [3.05, 3.63) is 75.3 Å². The molecule has 1 aliphatic rings. The molecule has 1 N–H and O–H groups in total. The number of hydrogen-bond donors (Lipinski definition) is 1. The highest BCUT2D eigenvalue weighted by Crippen LogP contribution is 2.31. The lowest BCUT2D eigenvalue weighted by atomic mass is 9.89. The molecule has 31 heavy (non-hydrogen) atoms. The Labute approximate surface area is 180 Å². The van der Waals surface area contributed by atoms with E-state index in [0.29, 0.717) is 29.8 Å². The van der Waals surface area contributed by atoms with Crippen LogP contribution in [0.5, 0.6) is 0 Å². The van der Waals surface area contributed by atoms with Crippen molar-refractivity contribution >= 4 is 15.7 Å². The van der Waals surface area contributed by atoms with Crippen LogP contribution in [-0.2, 0) is 29.4 Å². The predicted octanol–water partition coefficient (Wildman–Crippen LogP) is 4.06. The van der Waals surface area contributed by atoms with Crippen LogP contribution in [0.25, 0.3) is 11.3 Å². The highest BCUT2D eigenvalue weighted by Gasteiger charge is 2.23. The number of rotatable bonds is 5.